The summed E-state index contributed by atoms with van der Waals surface area (Å²) >= 11 is 0. The number of aryl methyl sites for hydroxylation is 2. The minimum atomic E-state index is 0.140. The van der Waals surface area contributed by atoms with E-state index in [1.165, 1.54) is 0 Å². The smallest absolute Gasteiger partial charge is 0.186 e. The van der Waals surface area contributed by atoms with E-state index in [0.29, 0.717) is 0 Å². The predicted molar refractivity (Wildman–Crippen MR) is 77.1 cm³/mol. The maximum atomic E-state index is 9.11. The molecule has 0 amide bonds. The molecule has 5 heteroatoms. The molecule has 0 radical (unpaired) electrons. The van der Waals surface area contributed by atoms with Crippen LogP contribution < -0.4 is 4.80 Å². The lowest BCUT2D eigenvalue weighted by Crippen LogP contribution is -2.44. The molecule has 0 unspecified atom stereocenters. The van der Waals surface area contributed by atoms with Crippen molar-refractivity contribution in [1.29, 1.82) is 5.26 Å². The topological polar surface area (TPSA) is 58.4 Å². The van der Waals surface area contributed by atoms with Gasteiger partial charge in [0.25, 0.3) is 0 Å². The number of hydrogen-bond acceptors (Lipinski definition) is 3. The lowest BCUT2D eigenvalue weighted by atomic mass is 10.2. The van der Waals surface area contributed by atoms with Gasteiger partial charge in [-0.15, -0.1) is 0 Å². The Kier molecular flexibility index (Phi) is 3.20. The molecule has 2 aromatic carbocycles. The van der Waals surface area contributed by atoms with Crippen LogP contribution in [0, 0.1) is 25.2 Å². The van der Waals surface area contributed by atoms with E-state index in [0.717, 1.165) is 22.5 Å². The van der Waals surface area contributed by atoms with Gasteiger partial charge < -0.3 is 0 Å². The van der Waals surface area contributed by atoms with Crippen molar-refractivity contribution in [2.75, 3.05) is 0 Å². The van der Waals surface area contributed by atoms with Crippen LogP contribution in [0.3, 0.4) is 0 Å². The second-order valence-electron chi connectivity index (χ2n) is 4.79. The second kappa shape index (κ2) is 5.17. The van der Waals surface area contributed by atoms with E-state index in [9.17, 15) is 0 Å². The van der Waals surface area contributed by atoms with E-state index in [1.54, 1.807) is 9.59 Å². The molecule has 0 aliphatic rings. The molecule has 0 fully saturated rings. The summed E-state index contributed by atoms with van der Waals surface area (Å²) in [6, 6.07) is 17.8. The molecule has 0 spiro atoms. The zero-order chi connectivity index (χ0) is 14.8. The van der Waals surface area contributed by atoms with Crippen LogP contribution in [0.5, 0.6) is 0 Å². The van der Waals surface area contributed by atoms with Gasteiger partial charge in [0.2, 0.25) is 0 Å². The van der Waals surface area contributed by atoms with E-state index in [1.807, 2.05) is 68.4 Å². The molecule has 0 bridgehead atoms. The Labute approximate surface area is 122 Å². The van der Waals surface area contributed by atoms with Gasteiger partial charge in [0.15, 0.2) is 11.8 Å². The largest absolute Gasteiger partial charge is 0.409 e. The molecule has 1 heterocycles. The Morgan fingerprint density at radius 2 is 1.67 bits per heavy atom. The molecule has 0 saturated carbocycles. The van der Waals surface area contributed by atoms with E-state index >= 15 is 0 Å². The number of para-hydroxylation sites is 2. The van der Waals surface area contributed by atoms with Crippen LogP contribution in [0.2, 0.25) is 0 Å². The van der Waals surface area contributed by atoms with Crippen LogP contribution in [0.25, 0.3) is 11.4 Å². The van der Waals surface area contributed by atoms with Crippen molar-refractivity contribution in [2.24, 2.45) is 0 Å². The molecule has 3 aromatic rings. The first-order valence-corrected chi connectivity index (χ1v) is 6.62. The fourth-order valence-corrected chi connectivity index (χ4v) is 2.22. The first kappa shape index (κ1) is 13.0. The summed E-state index contributed by atoms with van der Waals surface area (Å²) in [5.41, 5.74) is 3.92. The van der Waals surface area contributed by atoms with Crippen LogP contribution >= 0.6 is 0 Å². The molecule has 5 nitrogen and oxygen atoms in total. The van der Waals surface area contributed by atoms with E-state index < -0.39 is 0 Å². The quantitative estimate of drug-likeness (QED) is 0.673. The van der Waals surface area contributed by atoms with Crippen molar-refractivity contribution in [2.45, 2.75) is 13.8 Å². The average molecular weight is 276 g/mol. The molecule has 3 rings (SSSR count). The van der Waals surface area contributed by atoms with Crippen molar-refractivity contribution < 1.29 is 4.80 Å². The Balaban J connectivity index is 2.28. The number of benzene rings is 2. The van der Waals surface area contributed by atoms with Crippen molar-refractivity contribution in [3.8, 4) is 17.4 Å². The van der Waals surface area contributed by atoms with Crippen molar-refractivity contribution in [3.05, 3.63) is 65.5 Å². The highest BCUT2D eigenvalue weighted by molar-refractivity contribution is 5.38. The monoisotopic (exact) mass is 276 g/mol. The van der Waals surface area contributed by atoms with Gasteiger partial charge in [-0.1, -0.05) is 36.4 Å². The molecule has 0 N–H and O–H groups in total. The van der Waals surface area contributed by atoms with Crippen LogP contribution in [-0.2, 0) is 0 Å². The highest BCUT2D eigenvalue weighted by atomic mass is 15.7. The normalized spacial score (nSPS) is 10.3. The first-order chi connectivity index (χ1) is 10.2. The highest BCUT2D eigenvalue weighted by Crippen LogP contribution is 2.12. The Bertz CT molecular complexity index is 779. The Morgan fingerprint density at radius 3 is 2.33 bits per heavy atom. The fourth-order valence-electron chi connectivity index (χ4n) is 2.22. The van der Waals surface area contributed by atoms with Crippen LogP contribution in [0.4, 0.5) is 0 Å². The molecule has 0 aliphatic carbocycles. The second-order valence-corrected chi connectivity index (χ2v) is 4.79. The number of nitrogens with zero attached hydrogens (tertiary/aromatic N) is 5. The van der Waals surface area contributed by atoms with Crippen LogP contribution in [0.15, 0.2) is 48.5 Å². The maximum Gasteiger partial charge on any atom is 0.409 e. The fraction of sp³-hybridized carbons (Fsp3) is 0.125. The van der Waals surface area contributed by atoms with Gasteiger partial charge in [-0.2, -0.15) is 5.26 Å². The van der Waals surface area contributed by atoms with E-state index in [-0.39, 0.29) is 5.82 Å². The zero-order valence-corrected chi connectivity index (χ0v) is 11.9. The first-order valence-electron chi connectivity index (χ1n) is 6.62. The predicted octanol–water partition coefficient (Wildman–Crippen LogP) is 2.03. The van der Waals surface area contributed by atoms with Crippen LogP contribution in [0.1, 0.15) is 17.0 Å². The van der Waals surface area contributed by atoms with Gasteiger partial charge in [-0.25, -0.2) is 0 Å². The third-order valence-corrected chi connectivity index (χ3v) is 3.32. The van der Waals surface area contributed by atoms with Gasteiger partial charge in [0.05, 0.1) is 5.10 Å². The summed E-state index contributed by atoms with van der Waals surface area (Å²) in [4.78, 5) is 3.33. The lowest BCUT2D eigenvalue weighted by molar-refractivity contribution is -0.735. The number of aromatic nitrogens is 4. The Morgan fingerprint density at radius 1 is 1.00 bits per heavy atom. The molecule has 21 heavy (non-hydrogen) atoms. The molecular weight excluding hydrogens is 262 g/mol. The van der Waals surface area contributed by atoms with E-state index in [2.05, 4.69) is 10.2 Å². The van der Waals surface area contributed by atoms with Crippen molar-refractivity contribution in [1.82, 2.24) is 15.0 Å². The highest BCUT2D eigenvalue weighted by Gasteiger charge is 2.23. The van der Waals surface area contributed by atoms with Gasteiger partial charge in [-0.3, -0.25) is 0 Å². The summed E-state index contributed by atoms with van der Waals surface area (Å²) in [5, 5.41) is 17.7. The molecule has 102 valence electrons. The minimum Gasteiger partial charge on any atom is -0.186 e. The van der Waals surface area contributed by atoms with Crippen LogP contribution in [-0.4, -0.2) is 15.0 Å². The SMILES string of the molecule is Cc1ccccc1-n1nc(C#N)n[n+]1-c1ccccc1C. The molecule has 1 aromatic heterocycles. The summed E-state index contributed by atoms with van der Waals surface area (Å²) in [5.74, 6) is 0.140. The lowest BCUT2D eigenvalue weighted by Gasteiger charge is -2.04. The Hall–Kier alpha value is -3.00. The van der Waals surface area contributed by atoms with Gasteiger partial charge >= 0.3 is 5.82 Å². The number of tetrazole rings is 1. The number of hydrogen-bond donors (Lipinski definition) is 0. The summed E-state index contributed by atoms with van der Waals surface area (Å²) < 4.78 is 0. The molecule has 0 atom stereocenters. The van der Waals surface area contributed by atoms with Crippen molar-refractivity contribution in [3.63, 3.8) is 0 Å². The molecule has 0 aliphatic heterocycles. The average Bonchev–Trinajstić information content (AvgIpc) is 2.92. The summed E-state index contributed by atoms with van der Waals surface area (Å²) in [7, 11) is 0. The van der Waals surface area contributed by atoms with E-state index in [4.69, 9.17) is 5.26 Å². The van der Waals surface area contributed by atoms with Crippen molar-refractivity contribution >= 4 is 0 Å². The zero-order valence-electron chi connectivity index (χ0n) is 11.9. The van der Waals surface area contributed by atoms with Gasteiger partial charge in [0.1, 0.15) is 5.69 Å². The third-order valence-electron chi connectivity index (χ3n) is 3.32. The number of rotatable bonds is 2. The maximum absolute atomic E-state index is 9.11. The summed E-state index contributed by atoms with van der Waals surface area (Å²) in [6.45, 7) is 4.01. The summed E-state index contributed by atoms with van der Waals surface area (Å²) in [6.07, 6.45) is 0. The molecular formula is C16H14N5+. The standard InChI is InChI=1S/C16H14N5/c1-12-7-3-5-9-14(12)20-18-16(11-17)19-21(20)15-10-6-4-8-13(15)2/h3-10H,1-2H3/q+1. The third kappa shape index (κ3) is 2.28. The molecule has 0 saturated heterocycles. The van der Waals surface area contributed by atoms with Gasteiger partial charge in [-0.05, 0) is 36.3 Å². The minimum absolute atomic E-state index is 0.140. The van der Waals surface area contributed by atoms with Gasteiger partial charge in [0, 0.05) is 15.5 Å². The number of nitriles is 1.